The summed E-state index contributed by atoms with van der Waals surface area (Å²) < 4.78 is 28.2. The molecule has 1 saturated heterocycles. The summed E-state index contributed by atoms with van der Waals surface area (Å²) in [5.41, 5.74) is 0. The average molecular weight is 304 g/mol. The summed E-state index contributed by atoms with van der Waals surface area (Å²) in [7, 11) is -1.53. The van der Waals surface area contributed by atoms with Crippen LogP contribution in [0.25, 0.3) is 0 Å². The van der Waals surface area contributed by atoms with Crippen molar-refractivity contribution in [1.29, 1.82) is 0 Å². The molecule has 1 fully saturated rings. The molecule has 8 heteroatoms. The molecule has 1 atom stereocenters. The Morgan fingerprint density at radius 3 is 3.05 bits per heavy atom. The summed E-state index contributed by atoms with van der Waals surface area (Å²) in [6, 6.07) is 0. The first-order valence-electron chi connectivity index (χ1n) is 6.33. The van der Waals surface area contributed by atoms with E-state index in [4.69, 9.17) is 0 Å². The molecular weight excluding hydrogens is 284 g/mol. The van der Waals surface area contributed by atoms with Crippen LogP contribution in [0.5, 0.6) is 0 Å². The lowest BCUT2D eigenvalue weighted by atomic mass is 10.4. The molecule has 6 nitrogen and oxygen atoms in total. The van der Waals surface area contributed by atoms with E-state index in [1.165, 1.54) is 6.20 Å². The minimum absolute atomic E-state index is 0.294. The lowest BCUT2D eigenvalue weighted by Gasteiger charge is -2.29. The zero-order valence-electron chi connectivity index (χ0n) is 11.2. The Morgan fingerprint density at radius 2 is 2.37 bits per heavy atom. The van der Waals surface area contributed by atoms with Crippen LogP contribution >= 0.6 is 11.8 Å². The van der Waals surface area contributed by atoms with E-state index >= 15 is 0 Å². The van der Waals surface area contributed by atoms with Crippen molar-refractivity contribution < 1.29 is 8.42 Å². The van der Waals surface area contributed by atoms with Crippen molar-refractivity contribution in [1.82, 2.24) is 19.4 Å². The minimum atomic E-state index is -3.38. The molecule has 0 radical (unpaired) electrons. The van der Waals surface area contributed by atoms with E-state index in [1.54, 1.807) is 15.2 Å². The number of sulfonamides is 1. The standard InChI is InChI=1S/C11H20N4O2S2/c1-10-8-15(5-6-18-10)19(16,17)11-7-13-14(9-11)4-3-12-2/h7,9-10,12H,3-6,8H2,1-2H3. The monoisotopic (exact) mass is 304 g/mol. The average Bonchev–Trinajstić information content (AvgIpc) is 2.86. The second-order valence-corrected chi connectivity index (χ2v) is 8.07. The molecule has 2 heterocycles. The van der Waals surface area contributed by atoms with Gasteiger partial charge in [-0.15, -0.1) is 0 Å². The van der Waals surface area contributed by atoms with Crippen molar-refractivity contribution in [3.05, 3.63) is 12.4 Å². The molecule has 1 aliphatic rings. The van der Waals surface area contributed by atoms with E-state index in [0.29, 0.717) is 29.8 Å². The fourth-order valence-corrected chi connectivity index (χ4v) is 4.69. The quantitative estimate of drug-likeness (QED) is 0.843. The van der Waals surface area contributed by atoms with Crippen LogP contribution in [0.4, 0.5) is 0 Å². The van der Waals surface area contributed by atoms with E-state index in [-0.39, 0.29) is 0 Å². The third kappa shape index (κ3) is 3.50. The summed E-state index contributed by atoms with van der Waals surface area (Å²) in [5, 5.41) is 7.46. The Bertz CT molecular complexity index is 515. The van der Waals surface area contributed by atoms with E-state index in [0.717, 1.165) is 12.3 Å². The molecule has 1 aliphatic heterocycles. The van der Waals surface area contributed by atoms with Crippen LogP contribution in [0.1, 0.15) is 6.92 Å². The van der Waals surface area contributed by atoms with Gasteiger partial charge < -0.3 is 5.32 Å². The number of likely N-dealkylation sites (N-methyl/N-ethyl adjacent to an activating group) is 1. The molecule has 1 unspecified atom stereocenters. The van der Waals surface area contributed by atoms with Crippen molar-refractivity contribution in [2.45, 2.75) is 23.6 Å². The molecule has 108 valence electrons. The van der Waals surface area contributed by atoms with E-state index < -0.39 is 10.0 Å². The zero-order valence-corrected chi connectivity index (χ0v) is 12.9. The van der Waals surface area contributed by atoms with Gasteiger partial charge in [-0.1, -0.05) is 6.92 Å². The van der Waals surface area contributed by atoms with Gasteiger partial charge in [-0.3, -0.25) is 4.68 Å². The number of hydrogen-bond acceptors (Lipinski definition) is 5. The van der Waals surface area contributed by atoms with Gasteiger partial charge in [-0.2, -0.15) is 21.2 Å². The molecule has 0 amide bonds. The molecule has 19 heavy (non-hydrogen) atoms. The van der Waals surface area contributed by atoms with Gasteiger partial charge in [0.2, 0.25) is 10.0 Å². The van der Waals surface area contributed by atoms with E-state index in [1.807, 2.05) is 18.8 Å². The summed E-state index contributed by atoms with van der Waals surface area (Å²) in [6.45, 7) is 4.65. The largest absolute Gasteiger partial charge is 0.318 e. The number of hydrogen-bond donors (Lipinski definition) is 1. The first-order valence-corrected chi connectivity index (χ1v) is 8.81. The molecule has 0 bridgehead atoms. The smallest absolute Gasteiger partial charge is 0.246 e. The first kappa shape index (κ1) is 14.8. The highest BCUT2D eigenvalue weighted by Crippen LogP contribution is 2.23. The summed E-state index contributed by atoms with van der Waals surface area (Å²) in [6.07, 6.45) is 3.05. The van der Waals surface area contributed by atoms with Crippen LogP contribution in [0.3, 0.4) is 0 Å². The van der Waals surface area contributed by atoms with E-state index in [2.05, 4.69) is 17.3 Å². The van der Waals surface area contributed by atoms with Gasteiger partial charge in [0.25, 0.3) is 0 Å². The third-order valence-electron chi connectivity index (χ3n) is 3.04. The summed E-state index contributed by atoms with van der Waals surface area (Å²) in [4.78, 5) is 0.294. The Kier molecular flexibility index (Phi) is 4.88. The van der Waals surface area contributed by atoms with Gasteiger partial charge >= 0.3 is 0 Å². The number of nitrogens with zero attached hydrogens (tertiary/aromatic N) is 3. The summed E-state index contributed by atoms with van der Waals surface area (Å²) >= 11 is 1.81. The number of aromatic nitrogens is 2. The second kappa shape index (κ2) is 6.25. The van der Waals surface area contributed by atoms with Crippen molar-refractivity contribution in [2.24, 2.45) is 0 Å². The maximum Gasteiger partial charge on any atom is 0.246 e. The van der Waals surface area contributed by atoms with Crippen LogP contribution in [-0.4, -0.2) is 60.2 Å². The highest BCUT2D eigenvalue weighted by molar-refractivity contribution is 8.00. The van der Waals surface area contributed by atoms with Gasteiger partial charge in [0.05, 0.1) is 12.7 Å². The first-order chi connectivity index (χ1) is 9.04. The molecule has 1 N–H and O–H groups in total. The summed E-state index contributed by atoms with van der Waals surface area (Å²) in [5.74, 6) is 0.855. The van der Waals surface area contributed by atoms with Crippen molar-refractivity contribution >= 4 is 21.8 Å². The second-order valence-electron chi connectivity index (χ2n) is 4.59. The van der Waals surface area contributed by atoms with Crippen LogP contribution < -0.4 is 5.32 Å². The molecular formula is C11H20N4O2S2. The Morgan fingerprint density at radius 1 is 1.58 bits per heavy atom. The Balaban J connectivity index is 2.12. The topological polar surface area (TPSA) is 67.2 Å². The molecule has 2 rings (SSSR count). The van der Waals surface area contributed by atoms with Gasteiger partial charge in [0.15, 0.2) is 0 Å². The maximum atomic E-state index is 12.5. The zero-order chi connectivity index (χ0) is 13.9. The maximum absolute atomic E-state index is 12.5. The van der Waals surface area contributed by atoms with Crippen molar-refractivity contribution in [3.63, 3.8) is 0 Å². The third-order valence-corrected chi connectivity index (χ3v) is 6.00. The van der Waals surface area contributed by atoms with Crippen molar-refractivity contribution in [3.8, 4) is 0 Å². The van der Waals surface area contributed by atoms with Gasteiger partial charge in [0, 0.05) is 36.8 Å². The molecule has 1 aromatic heterocycles. The number of rotatable bonds is 5. The lowest BCUT2D eigenvalue weighted by Crippen LogP contribution is -2.40. The molecule has 0 aromatic carbocycles. The molecule has 0 spiro atoms. The Labute approximate surface area is 118 Å². The SMILES string of the molecule is CNCCn1cc(S(=O)(=O)N2CCSC(C)C2)cn1. The highest BCUT2D eigenvalue weighted by Gasteiger charge is 2.29. The van der Waals surface area contributed by atoms with E-state index in [9.17, 15) is 8.42 Å². The van der Waals surface area contributed by atoms with Gasteiger partial charge in [-0.05, 0) is 7.05 Å². The van der Waals surface area contributed by atoms with Gasteiger partial charge in [-0.25, -0.2) is 8.42 Å². The number of nitrogens with one attached hydrogen (secondary N) is 1. The fraction of sp³-hybridized carbons (Fsp3) is 0.727. The lowest BCUT2D eigenvalue weighted by molar-refractivity contribution is 0.424. The Hall–Kier alpha value is -0.570. The van der Waals surface area contributed by atoms with Crippen LogP contribution in [0.15, 0.2) is 17.3 Å². The van der Waals surface area contributed by atoms with Crippen LogP contribution in [-0.2, 0) is 16.6 Å². The molecule has 1 aromatic rings. The van der Waals surface area contributed by atoms with Crippen LogP contribution in [0.2, 0.25) is 0 Å². The fourth-order valence-electron chi connectivity index (χ4n) is 1.98. The predicted octanol–water partition coefficient (Wildman–Crippen LogP) is 0.229. The normalized spacial score (nSPS) is 21.7. The molecule has 0 saturated carbocycles. The predicted molar refractivity (Wildman–Crippen MR) is 76.8 cm³/mol. The minimum Gasteiger partial charge on any atom is -0.318 e. The highest BCUT2D eigenvalue weighted by atomic mass is 32.2. The molecule has 0 aliphatic carbocycles. The van der Waals surface area contributed by atoms with Crippen LogP contribution in [0, 0.1) is 0 Å². The van der Waals surface area contributed by atoms with Gasteiger partial charge in [0.1, 0.15) is 4.90 Å². The number of thioether (sulfide) groups is 1. The van der Waals surface area contributed by atoms with Crippen molar-refractivity contribution in [2.75, 3.05) is 32.4 Å².